The van der Waals surface area contributed by atoms with E-state index in [4.69, 9.17) is 0 Å². The van der Waals surface area contributed by atoms with Crippen molar-refractivity contribution in [3.63, 3.8) is 0 Å². The van der Waals surface area contributed by atoms with Crippen LogP contribution in [0.4, 0.5) is 0 Å². The minimum absolute atomic E-state index is 0.106. The number of fused-ring (bicyclic) bond motifs is 1. The van der Waals surface area contributed by atoms with Crippen LogP contribution >= 0.6 is 31.9 Å². The molecule has 0 saturated carbocycles. The minimum atomic E-state index is 0.106. The Morgan fingerprint density at radius 2 is 1.25 bits per heavy atom. The quantitative estimate of drug-likeness (QED) is 0.696. The Bertz CT molecular complexity index is 580. The van der Waals surface area contributed by atoms with Gasteiger partial charge in [0.2, 0.25) is 0 Å². The molecular formula is C13H10Br2O. The molecule has 2 rings (SSSR count). The molecule has 0 atom stereocenters. The highest BCUT2D eigenvalue weighted by Gasteiger charge is 2.05. The number of benzene rings is 1. The van der Waals surface area contributed by atoms with Gasteiger partial charge in [0.15, 0.2) is 5.43 Å². The van der Waals surface area contributed by atoms with Crippen molar-refractivity contribution >= 4 is 42.6 Å². The number of hydrogen-bond acceptors (Lipinski definition) is 1. The molecule has 0 spiro atoms. The second-order valence-electron chi connectivity index (χ2n) is 3.84. The minimum Gasteiger partial charge on any atom is -0.289 e. The predicted octanol–water partition coefficient (Wildman–Crippen LogP) is 4.34. The zero-order chi connectivity index (χ0) is 11.9. The highest BCUT2D eigenvalue weighted by atomic mass is 79.9. The summed E-state index contributed by atoms with van der Waals surface area (Å²) in [5.74, 6) is 0. The van der Waals surface area contributed by atoms with Crippen LogP contribution in [0.3, 0.4) is 0 Å². The van der Waals surface area contributed by atoms with Crippen LogP contribution in [-0.2, 0) is 0 Å². The van der Waals surface area contributed by atoms with Crippen molar-refractivity contribution < 1.29 is 0 Å². The van der Waals surface area contributed by atoms with E-state index in [-0.39, 0.29) is 5.43 Å². The lowest BCUT2D eigenvalue weighted by molar-refractivity contribution is 1.35. The standard InChI is InChI=1S/C13H10Br2O/c1-7-5-9-10(6-8(2)13(7)16)12(15)4-3-11(9)14/h3-6H,1-2H3. The lowest BCUT2D eigenvalue weighted by Crippen LogP contribution is -2.03. The first-order chi connectivity index (χ1) is 7.50. The maximum atomic E-state index is 11.9. The van der Waals surface area contributed by atoms with Gasteiger partial charge in [0, 0.05) is 8.95 Å². The molecule has 0 N–H and O–H groups in total. The van der Waals surface area contributed by atoms with Crippen LogP contribution in [0.15, 0.2) is 38.0 Å². The van der Waals surface area contributed by atoms with Gasteiger partial charge in [0.1, 0.15) is 0 Å². The van der Waals surface area contributed by atoms with Crippen LogP contribution < -0.4 is 5.43 Å². The van der Waals surface area contributed by atoms with Gasteiger partial charge in [-0.15, -0.1) is 0 Å². The Hall–Kier alpha value is -0.670. The third kappa shape index (κ3) is 1.94. The van der Waals surface area contributed by atoms with E-state index < -0.39 is 0 Å². The molecule has 0 aliphatic carbocycles. The molecule has 0 heterocycles. The fourth-order valence-electron chi connectivity index (χ4n) is 1.75. The van der Waals surface area contributed by atoms with Gasteiger partial charge in [0.25, 0.3) is 0 Å². The second-order valence-corrected chi connectivity index (χ2v) is 5.55. The Morgan fingerprint density at radius 3 is 1.62 bits per heavy atom. The summed E-state index contributed by atoms with van der Waals surface area (Å²) in [7, 11) is 0. The van der Waals surface area contributed by atoms with Crippen molar-refractivity contribution in [1.82, 2.24) is 0 Å². The van der Waals surface area contributed by atoms with Crippen LogP contribution in [0.1, 0.15) is 11.1 Å². The monoisotopic (exact) mass is 340 g/mol. The lowest BCUT2D eigenvalue weighted by atomic mass is 10.2. The van der Waals surface area contributed by atoms with Gasteiger partial charge in [-0.05, 0) is 60.0 Å². The van der Waals surface area contributed by atoms with Gasteiger partial charge in [-0.1, -0.05) is 31.9 Å². The largest absolute Gasteiger partial charge is 0.289 e. The molecule has 0 fully saturated rings. The van der Waals surface area contributed by atoms with Crippen LogP contribution in [-0.4, -0.2) is 0 Å². The maximum Gasteiger partial charge on any atom is 0.184 e. The van der Waals surface area contributed by atoms with Gasteiger partial charge < -0.3 is 0 Å². The van der Waals surface area contributed by atoms with E-state index in [0.717, 1.165) is 30.8 Å². The van der Waals surface area contributed by atoms with Gasteiger partial charge in [-0.3, -0.25) is 4.79 Å². The third-order valence-electron chi connectivity index (χ3n) is 2.62. The molecule has 0 bridgehead atoms. The van der Waals surface area contributed by atoms with Crippen molar-refractivity contribution in [1.29, 1.82) is 0 Å². The summed E-state index contributed by atoms with van der Waals surface area (Å²) < 4.78 is 2.01. The van der Waals surface area contributed by atoms with E-state index in [1.807, 2.05) is 38.1 Å². The summed E-state index contributed by atoms with van der Waals surface area (Å²) in [6, 6.07) is 7.82. The topological polar surface area (TPSA) is 17.1 Å². The van der Waals surface area contributed by atoms with Crippen molar-refractivity contribution in [2.75, 3.05) is 0 Å². The fourth-order valence-corrected chi connectivity index (χ4v) is 2.67. The van der Waals surface area contributed by atoms with E-state index >= 15 is 0 Å². The first-order valence-corrected chi connectivity index (χ1v) is 6.48. The maximum absolute atomic E-state index is 11.9. The highest BCUT2D eigenvalue weighted by Crippen LogP contribution is 2.29. The van der Waals surface area contributed by atoms with Crippen LogP contribution in [0.5, 0.6) is 0 Å². The Kier molecular flexibility index (Phi) is 3.17. The number of aryl methyl sites for hydroxylation is 2. The lowest BCUT2D eigenvalue weighted by Gasteiger charge is -1.99. The first-order valence-electron chi connectivity index (χ1n) is 4.90. The van der Waals surface area contributed by atoms with E-state index in [2.05, 4.69) is 31.9 Å². The summed E-state index contributed by atoms with van der Waals surface area (Å²) in [4.78, 5) is 11.9. The summed E-state index contributed by atoms with van der Waals surface area (Å²) in [5.41, 5.74) is 1.65. The van der Waals surface area contributed by atoms with Crippen molar-refractivity contribution in [2.24, 2.45) is 0 Å². The molecular weight excluding hydrogens is 332 g/mol. The third-order valence-corrected chi connectivity index (χ3v) is 4.00. The average Bonchev–Trinajstić information content (AvgIpc) is 2.36. The van der Waals surface area contributed by atoms with Crippen LogP contribution in [0.25, 0.3) is 10.8 Å². The smallest absolute Gasteiger partial charge is 0.184 e. The summed E-state index contributed by atoms with van der Waals surface area (Å²) >= 11 is 7.02. The second kappa shape index (κ2) is 4.30. The van der Waals surface area contributed by atoms with Crippen LogP contribution in [0, 0.1) is 13.8 Å². The zero-order valence-electron chi connectivity index (χ0n) is 8.97. The van der Waals surface area contributed by atoms with Gasteiger partial charge in [0.05, 0.1) is 0 Å². The molecule has 16 heavy (non-hydrogen) atoms. The molecule has 0 aliphatic heterocycles. The van der Waals surface area contributed by atoms with Gasteiger partial charge >= 0.3 is 0 Å². The number of hydrogen-bond donors (Lipinski definition) is 0. The average molecular weight is 342 g/mol. The van der Waals surface area contributed by atoms with Crippen LogP contribution in [0.2, 0.25) is 0 Å². The zero-order valence-corrected chi connectivity index (χ0v) is 12.1. The van der Waals surface area contributed by atoms with E-state index in [0.29, 0.717) is 0 Å². The van der Waals surface area contributed by atoms with Gasteiger partial charge in [-0.25, -0.2) is 0 Å². The number of rotatable bonds is 0. The fraction of sp³-hybridized carbons (Fsp3) is 0.154. The molecule has 3 heteroatoms. The molecule has 1 nitrogen and oxygen atoms in total. The van der Waals surface area contributed by atoms with Crippen molar-refractivity contribution in [3.8, 4) is 0 Å². The summed E-state index contributed by atoms with van der Waals surface area (Å²) in [6.45, 7) is 3.70. The molecule has 0 aromatic heterocycles. The van der Waals surface area contributed by atoms with E-state index in [9.17, 15) is 4.79 Å². The molecule has 0 amide bonds. The molecule has 82 valence electrons. The molecule has 0 aliphatic rings. The number of halogens is 2. The summed E-state index contributed by atoms with van der Waals surface area (Å²) in [6.07, 6.45) is 0. The predicted molar refractivity (Wildman–Crippen MR) is 75.1 cm³/mol. The normalized spacial score (nSPS) is 10.8. The van der Waals surface area contributed by atoms with E-state index in [1.54, 1.807) is 0 Å². The SMILES string of the molecule is Cc1cc2c(Br)ccc(Br)c2cc(C)c1=O. The molecule has 2 aromatic rings. The Balaban J connectivity index is 3.11. The highest BCUT2D eigenvalue weighted by molar-refractivity contribution is 9.11. The van der Waals surface area contributed by atoms with Crippen molar-refractivity contribution in [2.45, 2.75) is 13.8 Å². The Morgan fingerprint density at radius 1 is 0.875 bits per heavy atom. The molecule has 2 aromatic carbocycles. The van der Waals surface area contributed by atoms with Crippen molar-refractivity contribution in [3.05, 3.63) is 54.6 Å². The summed E-state index contributed by atoms with van der Waals surface area (Å²) in [5, 5.41) is 2.11. The molecule has 0 radical (unpaired) electrons. The van der Waals surface area contributed by atoms with Gasteiger partial charge in [-0.2, -0.15) is 0 Å². The Labute approximate surface area is 111 Å². The first kappa shape index (κ1) is 11.8. The van der Waals surface area contributed by atoms with E-state index in [1.165, 1.54) is 0 Å². The molecule has 0 saturated heterocycles. The molecule has 0 unspecified atom stereocenters.